The molecular formula is C16H17FN4O3. The minimum atomic E-state index is -1.15. The monoisotopic (exact) mass is 332 g/mol. The number of benzene rings is 1. The second kappa shape index (κ2) is 7.51. The van der Waals surface area contributed by atoms with Crippen LogP contribution >= 0.6 is 0 Å². The van der Waals surface area contributed by atoms with Crippen LogP contribution in [0, 0.1) is 5.82 Å². The fourth-order valence-electron chi connectivity index (χ4n) is 2.24. The van der Waals surface area contributed by atoms with E-state index in [-0.39, 0.29) is 18.7 Å². The van der Waals surface area contributed by atoms with E-state index in [2.05, 4.69) is 22.1 Å². The molecule has 0 atom stereocenters. The molecule has 0 unspecified atom stereocenters. The number of rotatable bonds is 7. The van der Waals surface area contributed by atoms with Crippen molar-refractivity contribution >= 4 is 29.4 Å². The lowest BCUT2D eigenvalue weighted by molar-refractivity contribution is -0.132. The number of anilines is 1. The maximum absolute atomic E-state index is 13.6. The zero-order valence-electron chi connectivity index (χ0n) is 13.0. The van der Waals surface area contributed by atoms with E-state index >= 15 is 0 Å². The Morgan fingerprint density at radius 1 is 1.54 bits per heavy atom. The zero-order chi connectivity index (χ0) is 17.7. The summed E-state index contributed by atoms with van der Waals surface area (Å²) in [7, 11) is 0. The van der Waals surface area contributed by atoms with Gasteiger partial charge in [0.1, 0.15) is 5.82 Å². The average molecular weight is 332 g/mol. The molecule has 0 saturated heterocycles. The second-order valence-corrected chi connectivity index (χ2v) is 4.92. The van der Waals surface area contributed by atoms with Crippen molar-refractivity contribution in [1.82, 2.24) is 9.78 Å². The van der Waals surface area contributed by atoms with Crippen molar-refractivity contribution in [1.29, 1.82) is 0 Å². The molecule has 0 bridgehead atoms. The first-order valence-corrected chi connectivity index (χ1v) is 7.08. The van der Waals surface area contributed by atoms with E-state index in [0.29, 0.717) is 22.4 Å². The fraction of sp³-hybridized carbons (Fsp3) is 0.188. The summed E-state index contributed by atoms with van der Waals surface area (Å²) in [5.74, 6) is -1.29. The highest BCUT2D eigenvalue weighted by Gasteiger charge is 2.14. The van der Waals surface area contributed by atoms with Gasteiger partial charge in [-0.05, 0) is 37.9 Å². The fourth-order valence-corrected chi connectivity index (χ4v) is 2.24. The number of hydrogen-bond acceptors (Lipinski definition) is 5. The Bertz CT molecular complexity index is 839. The van der Waals surface area contributed by atoms with E-state index in [9.17, 15) is 14.3 Å². The number of aliphatic imine (C=N–C) groups is 1. The van der Waals surface area contributed by atoms with E-state index < -0.39 is 11.8 Å². The van der Waals surface area contributed by atoms with Crippen molar-refractivity contribution in [3.05, 3.63) is 47.6 Å². The summed E-state index contributed by atoms with van der Waals surface area (Å²) in [5, 5.41) is 26.0. The summed E-state index contributed by atoms with van der Waals surface area (Å²) >= 11 is 0. The number of aliphatic carboxylic acids is 1. The molecule has 3 N–H and O–H groups in total. The molecule has 24 heavy (non-hydrogen) atoms. The number of carbonyl (C=O) groups is 1. The second-order valence-electron chi connectivity index (χ2n) is 4.92. The highest BCUT2D eigenvalue weighted by molar-refractivity contribution is 5.94. The number of nitrogens with zero attached hydrogens (tertiary/aromatic N) is 3. The van der Waals surface area contributed by atoms with Crippen molar-refractivity contribution in [2.45, 2.75) is 13.5 Å². The van der Waals surface area contributed by atoms with Gasteiger partial charge in [-0.3, -0.25) is 9.67 Å². The van der Waals surface area contributed by atoms with Gasteiger partial charge in [0.15, 0.2) is 5.82 Å². The molecule has 0 aliphatic carbocycles. The smallest absolute Gasteiger partial charge is 0.337 e. The largest absolute Gasteiger partial charge is 0.478 e. The van der Waals surface area contributed by atoms with Crippen LogP contribution in [0.1, 0.15) is 6.92 Å². The van der Waals surface area contributed by atoms with Crippen LogP contribution in [0.25, 0.3) is 10.9 Å². The number of halogens is 1. The predicted octanol–water partition coefficient (Wildman–Crippen LogP) is 2.15. The van der Waals surface area contributed by atoms with Crippen LogP contribution in [-0.2, 0) is 11.3 Å². The Labute approximate surface area is 137 Å². The third-order valence-corrected chi connectivity index (χ3v) is 3.31. The Morgan fingerprint density at radius 2 is 2.29 bits per heavy atom. The van der Waals surface area contributed by atoms with Gasteiger partial charge in [0, 0.05) is 17.3 Å². The van der Waals surface area contributed by atoms with Crippen molar-refractivity contribution in [2.24, 2.45) is 4.99 Å². The SMILES string of the molecule is C=N/C=C\C(C(=O)O)=C(/C)Nc1nn(CCO)c2ccc(F)cc12. The van der Waals surface area contributed by atoms with Crippen molar-refractivity contribution < 1.29 is 19.4 Å². The Morgan fingerprint density at radius 3 is 2.92 bits per heavy atom. The molecular weight excluding hydrogens is 315 g/mol. The molecule has 2 rings (SSSR count). The third-order valence-electron chi connectivity index (χ3n) is 3.31. The lowest BCUT2D eigenvalue weighted by Crippen LogP contribution is -2.08. The van der Waals surface area contributed by atoms with Crippen LogP contribution in [0.5, 0.6) is 0 Å². The number of carboxylic acids is 1. The zero-order valence-corrected chi connectivity index (χ0v) is 13.0. The van der Waals surface area contributed by atoms with Gasteiger partial charge in [-0.2, -0.15) is 5.10 Å². The molecule has 1 aromatic carbocycles. The topological polar surface area (TPSA) is 99.7 Å². The van der Waals surface area contributed by atoms with Crippen LogP contribution in [0.2, 0.25) is 0 Å². The average Bonchev–Trinajstić information content (AvgIpc) is 2.85. The number of nitrogens with one attached hydrogen (secondary N) is 1. The molecule has 0 fully saturated rings. The van der Waals surface area contributed by atoms with Crippen LogP contribution in [-0.4, -0.2) is 39.3 Å². The summed E-state index contributed by atoms with van der Waals surface area (Å²) in [6.45, 7) is 4.92. The number of fused-ring (bicyclic) bond motifs is 1. The minimum Gasteiger partial charge on any atom is -0.478 e. The van der Waals surface area contributed by atoms with E-state index in [0.717, 1.165) is 0 Å². The molecule has 126 valence electrons. The first kappa shape index (κ1) is 17.4. The van der Waals surface area contributed by atoms with Crippen LogP contribution in [0.3, 0.4) is 0 Å². The molecule has 0 amide bonds. The standard InChI is InChI=1S/C16H17FN4O3/c1-10(12(16(23)24)5-6-18-2)19-15-13-9-11(17)3-4-14(13)21(20-15)7-8-22/h3-6,9,22H,2,7-8H2,1H3,(H,19,20)(H,23,24)/b6-5-,12-10-. The molecule has 0 saturated carbocycles. The molecule has 7 nitrogen and oxygen atoms in total. The highest BCUT2D eigenvalue weighted by atomic mass is 19.1. The maximum atomic E-state index is 13.6. The quantitative estimate of drug-likeness (QED) is 0.410. The van der Waals surface area contributed by atoms with Crippen LogP contribution < -0.4 is 5.32 Å². The lowest BCUT2D eigenvalue weighted by atomic mass is 10.2. The summed E-state index contributed by atoms with van der Waals surface area (Å²) < 4.78 is 15.1. The van der Waals surface area contributed by atoms with Gasteiger partial charge in [-0.15, -0.1) is 0 Å². The van der Waals surface area contributed by atoms with E-state index in [1.807, 2.05) is 0 Å². The summed E-state index contributed by atoms with van der Waals surface area (Å²) in [5.41, 5.74) is 0.909. The van der Waals surface area contributed by atoms with Crippen molar-refractivity contribution in [3.8, 4) is 0 Å². The van der Waals surface area contributed by atoms with Gasteiger partial charge in [0.25, 0.3) is 0 Å². The summed E-state index contributed by atoms with van der Waals surface area (Å²) in [6, 6.07) is 4.15. The summed E-state index contributed by atoms with van der Waals surface area (Å²) in [4.78, 5) is 14.8. The van der Waals surface area contributed by atoms with Gasteiger partial charge in [0.2, 0.25) is 0 Å². The first-order chi connectivity index (χ1) is 11.5. The van der Waals surface area contributed by atoms with Gasteiger partial charge < -0.3 is 15.5 Å². The van der Waals surface area contributed by atoms with Gasteiger partial charge >= 0.3 is 5.97 Å². The number of aromatic nitrogens is 2. The predicted molar refractivity (Wildman–Crippen MR) is 89.4 cm³/mol. The summed E-state index contributed by atoms with van der Waals surface area (Å²) in [6.07, 6.45) is 2.56. The van der Waals surface area contributed by atoms with E-state index in [4.69, 9.17) is 5.11 Å². The maximum Gasteiger partial charge on any atom is 0.337 e. The number of allylic oxidation sites excluding steroid dienone is 1. The van der Waals surface area contributed by atoms with Gasteiger partial charge in [-0.1, -0.05) is 0 Å². The molecule has 0 aliphatic rings. The van der Waals surface area contributed by atoms with Gasteiger partial charge in [0.05, 0.1) is 24.2 Å². The van der Waals surface area contributed by atoms with Crippen LogP contribution in [0.15, 0.2) is 46.7 Å². The molecule has 2 aromatic rings. The molecule has 8 heteroatoms. The minimum absolute atomic E-state index is 0.0244. The number of aliphatic hydroxyl groups is 1. The van der Waals surface area contributed by atoms with Crippen molar-refractivity contribution in [2.75, 3.05) is 11.9 Å². The van der Waals surface area contributed by atoms with E-state index in [1.54, 1.807) is 13.0 Å². The molecule has 0 spiro atoms. The molecule has 0 radical (unpaired) electrons. The lowest BCUT2D eigenvalue weighted by Gasteiger charge is -2.06. The molecule has 0 aliphatic heterocycles. The highest BCUT2D eigenvalue weighted by Crippen LogP contribution is 2.25. The third kappa shape index (κ3) is 3.66. The number of carboxylic acid groups (broad SMARTS) is 1. The number of hydrogen-bond donors (Lipinski definition) is 3. The first-order valence-electron chi connectivity index (χ1n) is 7.08. The van der Waals surface area contributed by atoms with E-state index in [1.165, 1.54) is 29.1 Å². The molecule has 1 heterocycles. The molecule has 1 aromatic heterocycles. The normalized spacial score (nSPS) is 12.5. The Balaban J connectivity index is 2.51. The van der Waals surface area contributed by atoms with Gasteiger partial charge in [-0.25, -0.2) is 9.18 Å². The van der Waals surface area contributed by atoms with Crippen LogP contribution in [0.4, 0.5) is 10.2 Å². The Kier molecular flexibility index (Phi) is 5.43. The Hall–Kier alpha value is -3.00. The number of aliphatic hydroxyl groups excluding tert-OH is 1. The van der Waals surface area contributed by atoms with Crippen molar-refractivity contribution in [3.63, 3.8) is 0 Å².